The van der Waals surface area contributed by atoms with Crippen LogP contribution in [0.3, 0.4) is 0 Å². The Labute approximate surface area is 229 Å². The third-order valence-corrected chi connectivity index (χ3v) is 7.18. The number of aromatic nitrogens is 7. The van der Waals surface area contributed by atoms with E-state index in [2.05, 4.69) is 52.3 Å². The fourth-order valence-corrected chi connectivity index (χ4v) is 4.98. The van der Waals surface area contributed by atoms with Crippen LogP contribution in [-0.2, 0) is 0 Å². The van der Waals surface area contributed by atoms with Crippen molar-refractivity contribution in [2.45, 2.75) is 0 Å². The summed E-state index contributed by atoms with van der Waals surface area (Å²) in [6.07, 6.45) is 6.91. The first-order valence-corrected chi connectivity index (χ1v) is 13.1. The molecule has 11 nitrogen and oxygen atoms in total. The highest BCUT2D eigenvalue weighted by atomic mass is 16.1. The fourth-order valence-electron chi connectivity index (χ4n) is 4.98. The number of aromatic amines is 2. The molecule has 0 radical (unpaired) electrons. The lowest BCUT2D eigenvalue weighted by Crippen LogP contribution is -2.44. The summed E-state index contributed by atoms with van der Waals surface area (Å²) in [6, 6.07) is 14.8. The van der Waals surface area contributed by atoms with E-state index in [1.165, 1.54) is 0 Å². The maximum absolute atomic E-state index is 12.6. The first-order chi connectivity index (χ1) is 19.6. The Bertz CT molecular complexity index is 1840. The molecule has 0 saturated carbocycles. The summed E-state index contributed by atoms with van der Waals surface area (Å²) >= 11 is 0. The van der Waals surface area contributed by atoms with Gasteiger partial charge in [-0.1, -0.05) is 18.2 Å². The Morgan fingerprint density at radius 1 is 0.950 bits per heavy atom. The first kappa shape index (κ1) is 23.9. The summed E-state index contributed by atoms with van der Waals surface area (Å²) in [6.45, 7) is 3.79. The maximum Gasteiger partial charge on any atom is 0.255 e. The Balaban J connectivity index is 1.21. The second-order valence-electron chi connectivity index (χ2n) is 9.88. The number of carbonyl (C=O) groups is 1. The Kier molecular flexibility index (Phi) is 5.90. The normalized spacial score (nSPS) is 14.2. The number of nitrogens with one attached hydrogen (secondary N) is 3. The minimum atomic E-state index is -0.199. The molecule has 0 bridgehead atoms. The SMILES string of the molecule is CN1CCN(c2nccc3[nH]c(-c4n[nH]c5cnc(-c6cncc(NC(=O)c7ccccc7)c6)cc45)nc23)CC1. The minimum Gasteiger partial charge on any atom is -0.352 e. The molecule has 0 spiro atoms. The number of carbonyl (C=O) groups excluding carboxylic acids is 1. The van der Waals surface area contributed by atoms with Crippen molar-refractivity contribution in [3.05, 3.63) is 78.9 Å². The van der Waals surface area contributed by atoms with Gasteiger partial charge in [-0.05, 0) is 37.4 Å². The minimum absolute atomic E-state index is 0.199. The molecule has 6 aromatic rings. The van der Waals surface area contributed by atoms with Crippen molar-refractivity contribution in [2.75, 3.05) is 43.4 Å². The molecule has 0 atom stereocenters. The predicted molar refractivity (Wildman–Crippen MR) is 154 cm³/mol. The van der Waals surface area contributed by atoms with Crippen molar-refractivity contribution in [3.8, 4) is 22.8 Å². The molecule has 1 fully saturated rings. The molecule has 5 aromatic heterocycles. The number of pyridine rings is 3. The number of rotatable bonds is 5. The van der Waals surface area contributed by atoms with Gasteiger partial charge in [0.2, 0.25) is 0 Å². The molecule has 198 valence electrons. The van der Waals surface area contributed by atoms with Gasteiger partial charge < -0.3 is 20.1 Å². The number of imidazole rings is 1. The van der Waals surface area contributed by atoms with Gasteiger partial charge >= 0.3 is 0 Å². The number of benzene rings is 1. The number of hydrogen-bond donors (Lipinski definition) is 3. The molecule has 1 aliphatic heterocycles. The smallest absolute Gasteiger partial charge is 0.255 e. The molecule has 11 heteroatoms. The molecule has 1 aliphatic rings. The molecule has 0 unspecified atom stereocenters. The molecule has 40 heavy (non-hydrogen) atoms. The van der Waals surface area contributed by atoms with Crippen LogP contribution < -0.4 is 10.2 Å². The third kappa shape index (κ3) is 4.41. The Morgan fingerprint density at radius 2 is 1.80 bits per heavy atom. The van der Waals surface area contributed by atoms with Crippen molar-refractivity contribution in [3.63, 3.8) is 0 Å². The Morgan fingerprint density at radius 3 is 2.65 bits per heavy atom. The number of amides is 1. The Hall–Kier alpha value is -5.16. The lowest BCUT2D eigenvalue weighted by Gasteiger charge is -2.33. The van der Waals surface area contributed by atoms with E-state index in [1.807, 2.05) is 42.6 Å². The van der Waals surface area contributed by atoms with Gasteiger partial charge in [-0.3, -0.25) is 19.9 Å². The molecule has 1 amide bonds. The molecular weight excluding hydrogens is 504 g/mol. The summed E-state index contributed by atoms with van der Waals surface area (Å²) in [7, 11) is 2.14. The zero-order valence-electron chi connectivity index (χ0n) is 21.8. The summed E-state index contributed by atoms with van der Waals surface area (Å²) in [4.78, 5) is 39.2. The lowest BCUT2D eigenvalue weighted by atomic mass is 10.1. The van der Waals surface area contributed by atoms with Crippen LogP contribution in [0.2, 0.25) is 0 Å². The van der Waals surface area contributed by atoms with E-state index in [-0.39, 0.29) is 5.91 Å². The predicted octanol–water partition coefficient (Wildman–Crippen LogP) is 3.96. The van der Waals surface area contributed by atoms with Gasteiger partial charge in [-0.2, -0.15) is 5.10 Å². The number of piperazine rings is 1. The van der Waals surface area contributed by atoms with Gasteiger partial charge in [0.05, 0.1) is 34.8 Å². The molecular formula is C29H26N10O. The van der Waals surface area contributed by atoms with E-state index < -0.39 is 0 Å². The van der Waals surface area contributed by atoms with E-state index in [1.54, 1.807) is 30.7 Å². The summed E-state index contributed by atoms with van der Waals surface area (Å²) in [5, 5.41) is 11.4. The topological polar surface area (TPSA) is 132 Å². The maximum atomic E-state index is 12.6. The number of anilines is 2. The van der Waals surface area contributed by atoms with Gasteiger partial charge in [-0.15, -0.1) is 0 Å². The number of nitrogens with zero attached hydrogens (tertiary/aromatic N) is 7. The zero-order valence-corrected chi connectivity index (χ0v) is 21.8. The second kappa shape index (κ2) is 9.86. The van der Waals surface area contributed by atoms with Crippen molar-refractivity contribution in [2.24, 2.45) is 0 Å². The van der Waals surface area contributed by atoms with Gasteiger partial charge in [0.1, 0.15) is 11.2 Å². The molecule has 1 aromatic carbocycles. The number of likely N-dealkylation sites (N-methyl/N-ethyl adjacent to an activating group) is 1. The molecule has 0 aliphatic carbocycles. The van der Waals surface area contributed by atoms with Crippen molar-refractivity contribution >= 4 is 39.3 Å². The molecule has 3 N–H and O–H groups in total. The van der Waals surface area contributed by atoms with Crippen molar-refractivity contribution < 1.29 is 4.79 Å². The fraction of sp³-hybridized carbons (Fsp3) is 0.172. The monoisotopic (exact) mass is 530 g/mol. The summed E-state index contributed by atoms with van der Waals surface area (Å²) in [5.41, 5.74) is 5.86. The standard InChI is InChI=1S/C29H26N10O/c1-38-9-11-39(12-10-38)28-26-22(7-8-31-28)34-27(35-26)25-21-14-23(32-17-24(21)36-37-25)19-13-20(16-30-15-19)33-29(40)18-5-3-2-4-6-18/h2-8,13-17H,9-12H2,1H3,(H,33,40)(H,34,35)(H,36,37). The molecule has 7 rings (SSSR count). The highest BCUT2D eigenvalue weighted by Gasteiger charge is 2.21. The van der Waals surface area contributed by atoms with Crippen LogP contribution in [0.4, 0.5) is 11.5 Å². The van der Waals surface area contributed by atoms with Crippen LogP contribution in [-0.4, -0.2) is 79.2 Å². The highest BCUT2D eigenvalue weighted by Crippen LogP contribution is 2.31. The van der Waals surface area contributed by atoms with Crippen LogP contribution in [0.5, 0.6) is 0 Å². The van der Waals surface area contributed by atoms with Crippen molar-refractivity contribution in [1.29, 1.82) is 0 Å². The number of hydrogen-bond acceptors (Lipinski definition) is 8. The van der Waals surface area contributed by atoms with Gasteiger partial charge in [0.25, 0.3) is 5.91 Å². The van der Waals surface area contributed by atoms with E-state index in [0.29, 0.717) is 28.5 Å². The largest absolute Gasteiger partial charge is 0.352 e. The van der Waals surface area contributed by atoms with Gasteiger partial charge in [0, 0.05) is 55.1 Å². The molecule has 1 saturated heterocycles. The van der Waals surface area contributed by atoms with E-state index in [4.69, 9.17) is 4.98 Å². The number of H-pyrrole nitrogens is 2. The third-order valence-electron chi connectivity index (χ3n) is 7.18. The van der Waals surface area contributed by atoms with Crippen molar-refractivity contribution in [1.82, 2.24) is 40.0 Å². The van der Waals surface area contributed by atoms with Gasteiger partial charge in [0.15, 0.2) is 11.6 Å². The quantitative estimate of drug-likeness (QED) is 0.305. The second-order valence-corrected chi connectivity index (χ2v) is 9.88. The highest BCUT2D eigenvalue weighted by molar-refractivity contribution is 6.04. The van der Waals surface area contributed by atoms with E-state index in [9.17, 15) is 4.79 Å². The summed E-state index contributed by atoms with van der Waals surface area (Å²) in [5.74, 6) is 1.34. The zero-order chi connectivity index (χ0) is 27.1. The first-order valence-electron chi connectivity index (χ1n) is 13.1. The van der Waals surface area contributed by atoms with Crippen LogP contribution in [0.1, 0.15) is 10.4 Å². The van der Waals surface area contributed by atoms with E-state index in [0.717, 1.165) is 59.5 Å². The average Bonchev–Trinajstić information content (AvgIpc) is 3.62. The lowest BCUT2D eigenvalue weighted by molar-refractivity contribution is 0.102. The van der Waals surface area contributed by atoms with E-state index >= 15 is 0 Å². The van der Waals surface area contributed by atoms with Crippen LogP contribution >= 0.6 is 0 Å². The van der Waals surface area contributed by atoms with Gasteiger partial charge in [-0.25, -0.2) is 9.97 Å². The molecule has 6 heterocycles. The van der Waals surface area contributed by atoms with Crippen LogP contribution in [0.15, 0.2) is 73.3 Å². The van der Waals surface area contributed by atoms with Crippen LogP contribution in [0.25, 0.3) is 44.7 Å². The number of fused-ring (bicyclic) bond motifs is 2. The summed E-state index contributed by atoms with van der Waals surface area (Å²) < 4.78 is 0. The van der Waals surface area contributed by atoms with Crippen LogP contribution in [0, 0.1) is 0 Å². The average molecular weight is 531 g/mol.